The summed E-state index contributed by atoms with van der Waals surface area (Å²) in [6.45, 7) is 0.461. The number of nitrogens with one attached hydrogen (secondary N) is 1. The second-order valence-corrected chi connectivity index (χ2v) is 9.80. The lowest BCUT2D eigenvalue weighted by atomic mass is 9.98. The van der Waals surface area contributed by atoms with Crippen LogP contribution in [0.5, 0.6) is 5.75 Å². The summed E-state index contributed by atoms with van der Waals surface area (Å²) in [6.07, 6.45) is 2.29. The molecule has 0 heterocycles. The molecule has 0 aromatic heterocycles. The summed E-state index contributed by atoms with van der Waals surface area (Å²) in [5.74, 6) is 0.223. The summed E-state index contributed by atoms with van der Waals surface area (Å²) >= 11 is 7.09. The van der Waals surface area contributed by atoms with Crippen LogP contribution in [0.4, 0.5) is 5.69 Å². The van der Waals surface area contributed by atoms with Gasteiger partial charge in [-0.1, -0.05) is 86.5 Å². The van der Waals surface area contributed by atoms with Crippen LogP contribution in [0.15, 0.2) is 112 Å². The number of carbonyl (C=O) groups is 1. The van der Waals surface area contributed by atoms with Crippen molar-refractivity contribution in [3.05, 3.63) is 134 Å². The number of rotatable bonds is 8. The van der Waals surface area contributed by atoms with E-state index >= 15 is 0 Å². The molecule has 36 heavy (non-hydrogen) atoms. The molecule has 6 heteroatoms. The van der Waals surface area contributed by atoms with E-state index in [0.29, 0.717) is 24.5 Å². The molecule has 4 rings (SSSR count). The van der Waals surface area contributed by atoms with E-state index in [2.05, 4.69) is 37.2 Å². The quantitative estimate of drug-likeness (QED) is 0.165. The lowest BCUT2D eigenvalue weighted by molar-refractivity contribution is -0.112. The Bertz CT molecular complexity index is 1430. The van der Waals surface area contributed by atoms with Gasteiger partial charge < -0.3 is 10.1 Å². The molecule has 0 unspecified atom stereocenters. The van der Waals surface area contributed by atoms with Gasteiger partial charge in [0.05, 0.1) is 0 Å². The minimum atomic E-state index is -0.470. The normalized spacial score (nSPS) is 11.0. The van der Waals surface area contributed by atoms with E-state index in [0.717, 1.165) is 31.2 Å². The average molecular weight is 602 g/mol. The molecule has 0 saturated carbocycles. The van der Waals surface area contributed by atoms with Gasteiger partial charge in [-0.2, -0.15) is 5.26 Å². The molecule has 0 aliphatic rings. The lowest BCUT2D eigenvalue weighted by Gasteiger charge is -2.10. The SMILES string of the molecule is N#C/C(=C\c1cc(Br)ccc1Cc1ccccc1Br)C(=O)Nc1ccc(OCc2ccccc2)cc1. The van der Waals surface area contributed by atoms with E-state index in [-0.39, 0.29) is 5.57 Å². The fraction of sp³-hybridized carbons (Fsp3) is 0.0667. The van der Waals surface area contributed by atoms with Gasteiger partial charge in [0, 0.05) is 14.6 Å². The van der Waals surface area contributed by atoms with Gasteiger partial charge in [-0.15, -0.1) is 0 Å². The summed E-state index contributed by atoms with van der Waals surface area (Å²) in [5, 5.41) is 12.5. The lowest BCUT2D eigenvalue weighted by Crippen LogP contribution is -2.13. The Balaban J connectivity index is 1.47. The highest BCUT2D eigenvalue weighted by Gasteiger charge is 2.12. The van der Waals surface area contributed by atoms with Crippen LogP contribution in [0.2, 0.25) is 0 Å². The number of amides is 1. The maximum Gasteiger partial charge on any atom is 0.266 e. The highest BCUT2D eigenvalue weighted by Crippen LogP contribution is 2.26. The Morgan fingerprint density at radius 1 is 0.889 bits per heavy atom. The largest absolute Gasteiger partial charge is 0.489 e. The van der Waals surface area contributed by atoms with E-state index in [9.17, 15) is 10.1 Å². The number of nitrogens with zero attached hydrogens (tertiary/aromatic N) is 1. The highest BCUT2D eigenvalue weighted by atomic mass is 79.9. The minimum Gasteiger partial charge on any atom is -0.489 e. The number of carbonyl (C=O) groups excluding carboxylic acids is 1. The van der Waals surface area contributed by atoms with E-state index < -0.39 is 5.91 Å². The summed E-state index contributed by atoms with van der Waals surface area (Å²) in [5.41, 5.74) is 4.60. The van der Waals surface area contributed by atoms with Gasteiger partial charge in [0.25, 0.3) is 5.91 Å². The fourth-order valence-electron chi connectivity index (χ4n) is 3.59. The van der Waals surface area contributed by atoms with E-state index in [1.54, 1.807) is 30.3 Å². The predicted molar refractivity (Wildman–Crippen MR) is 151 cm³/mol. The van der Waals surface area contributed by atoms with Gasteiger partial charge in [-0.25, -0.2) is 0 Å². The molecule has 0 atom stereocenters. The minimum absolute atomic E-state index is 0.0193. The highest BCUT2D eigenvalue weighted by molar-refractivity contribution is 9.10. The number of ether oxygens (including phenoxy) is 1. The summed E-state index contributed by atoms with van der Waals surface area (Å²) in [7, 11) is 0. The zero-order valence-corrected chi connectivity index (χ0v) is 22.4. The number of anilines is 1. The van der Waals surface area contributed by atoms with Crippen molar-refractivity contribution in [3.8, 4) is 11.8 Å². The molecule has 0 spiro atoms. The number of benzene rings is 4. The first kappa shape index (κ1) is 25.4. The Morgan fingerprint density at radius 3 is 2.33 bits per heavy atom. The van der Waals surface area contributed by atoms with Crippen LogP contribution in [0.1, 0.15) is 22.3 Å². The number of nitriles is 1. The zero-order valence-electron chi connectivity index (χ0n) is 19.2. The topological polar surface area (TPSA) is 62.1 Å². The van der Waals surface area contributed by atoms with Crippen molar-refractivity contribution < 1.29 is 9.53 Å². The maximum atomic E-state index is 12.9. The first-order chi connectivity index (χ1) is 17.5. The standard InChI is InChI=1S/C30H22Br2N2O2/c31-26-11-10-22(16-23-8-4-5-9-29(23)32)24(18-26)17-25(19-33)30(35)34-27-12-14-28(15-13-27)36-20-21-6-2-1-3-7-21/h1-15,17-18H,16,20H2,(H,34,35)/b25-17+. The van der Waals surface area contributed by atoms with Crippen LogP contribution in [0.3, 0.4) is 0 Å². The summed E-state index contributed by atoms with van der Waals surface area (Å²) in [6, 6.07) is 32.9. The molecule has 4 aromatic rings. The molecule has 0 saturated heterocycles. The van der Waals surface area contributed by atoms with Gasteiger partial charge >= 0.3 is 0 Å². The van der Waals surface area contributed by atoms with Crippen LogP contribution in [0, 0.1) is 11.3 Å². The van der Waals surface area contributed by atoms with Crippen LogP contribution in [0.25, 0.3) is 6.08 Å². The molecule has 1 N–H and O–H groups in total. The molecular weight excluding hydrogens is 580 g/mol. The van der Waals surface area contributed by atoms with Crippen molar-refractivity contribution in [2.45, 2.75) is 13.0 Å². The Morgan fingerprint density at radius 2 is 1.61 bits per heavy atom. The maximum absolute atomic E-state index is 12.9. The molecular formula is C30H22Br2N2O2. The Kier molecular flexibility index (Phi) is 8.72. The number of halogens is 2. The second-order valence-electron chi connectivity index (χ2n) is 8.03. The first-order valence-corrected chi connectivity index (χ1v) is 12.8. The third-order valence-corrected chi connectivity index (χ3v) is 6.74. The number of hydrogen-bond donors (Lipinski definition) is 1. The first-order valence-electron chi connectivity index (χ1n) is 11.2. The van der Waals surface area contributed by atoms with Crippen LogP contribution in [-0.2, 0) is 17.8 Å². The van der Waals surface area contributed by atoms with Crippen molar-refractivity contribution in [1.82, 2.24) is 0 Å². The third kappa shape index (κ3) is 6.94. The van der Waals surface area contributed by atoms with Crippen molar-refractivity contribution in [3.63, 3.8) is 0 Å². The molecule has 0 aliphatic carbocycles. The van der Waals surface area contributed by atoms with Crippen molar-refractivity contribution in [2.75, 3.05) is 5.32 Å². The monoisotopic (exact) mass is 600 g/mol. The van der Waals surface area contributed by atoms with E-state index in [1.165, 1.54) is 0 Å². The molecule has 4 nitrogen and oxygen atoms in total. The van der Waals surface area contributed by atoms with Gasteiger partial charge in [-0.05, 0) is 77.2 Å². The van der Waals surface area contributed by atoms with Gasteiger partial charge in [0.15, 0.2) is 0 Å². The van der Waals surface area contributed by atoms with Gasteiger partial charge in [-0.3, -0.25) is 4.79 Å². The third-order valence-electron chi connectivity index (χ3n) is 5.47. The van der Waals surface area contributed by atoms with Crippen LogP contribution >= 0.6 is 31.9 Å². The van der Waals surface area contributed by atoms with Crippen molar-refractivity contribution >= 4 is 49.5 Å². The summed E-state index contributed by atoms with van der Waals surface area (Å²) < 4.78 is 7.68. The van der Waals surface area contributed by atoms with Crippen LogP contribution < -0.4 is 10.1 Å². The van der Waals surface area contributed by atoms with Gasteiger partial charge in [0.1, 0.15) is 24.0 Å². The number of hydrogen-bond acceptors (Lipinski definition) is 3. The molecule has 0 aliphatic heterocycles. The van der Waals surface area contributed by atoms with Crippen LogP contribution in [-0.4, -0.2) is 5.91 Å². The van der Waals surface area contributed by atoms with E-state index in [4.69, 9.17) is 4.74 Å². The average Bonchev–Trinajstić information content (AvgIpc) is 2.90. The van der Waals surface area contributed by atoms with E-state index in [1.807, 2.05) is 78.9 Å². The smallest absolute Gasteiger partial charge is 0.266 e. The molecule has 0 bridgehead atoms. The summed E-state index contributed by atoms with van der Waals surface area (Å²) in [4.78, 5) is 12.9. The molecule has 1 amide bonds. The second kappa shape index (κ2) is 12.3. The molecule has 4 aromatic carbocycles. The van der Waals surface area contributed by atoms with Gasteiger partial charge in [0.2, 0.25) is 0 Å². The fourth-order valence-corrected chi connectivity index (χ4v) is 4.39. The Hall–Kier alpha value is -3.66. The predicted octanol–water partition coefficient (Wildman–Crippen LogP) is 7.93. The zero-order chi connectivity index (χ0) is 25.3. The molecule has 0 radical (unpaired) electrons. The van der Waals surface area contributed by atoms with Crippen molar-refractivity contribution in [1.29, 1.82) is 5.26 Å². The van der Waals surface area contributed by atoms with Crippen molar-refractivity contribution in [2.24, 2.45) is 0 Å². The molecule has 0 fully saturated rings. The Labute approximate surface area is 227 Å². The molecule has 178 valence electrons.